The molecule has 0 bridgehead atoms. The normalized spacial score (nSPS) is 15.6. The van der Waals surface area contributed by atoms with Gasteiger partial charge >= 0.3 is 11.0 Å². The lowest BCUT2D eigenvalue weighted by Crippen LogP contribution is -2.23. The molecule has 0 rings (SSSR count). The molecule has 0 aromatic heterocycles. The lowest BCUT2D eigenvalue weighted by Gasteiger charge is -2.04. The second-order valence-corrected chi connectivity index (χ2v) is 5.90. The molecule has 12 heteroatoms. The zero-order chi connectivity index (χ0) is 13.4. The smallest absolute Gasteiger partial charge is 0.215 e. The van der Waals surface area contributed by atoms with Gasteiger partial charge in [0.15, 0.2) is 0 Å². The van der Waals surface area contributed by atoms with Crippen LogP contribution in [-0.2, 0) is 19.7 Å². The maximum atomic E-state index is 11.6. The predicted octanol–water partition coefficient (Wildman–Crippen LogP) is 1.33. The van der Waals surface area contributed by atoms with Crippen LogP contribution in [0, 0.1) is 0 Å². The largest absolute Gasteiger partial charge is 0.501 e. The summed E-state index contributed by atoms with van der Waals surface area (Å²) in [6.45, 7) is 0. The van der Waals surface area contributed by atoms with E-state index in [-0.39, 0.29) is 0 Å². The minimum Gasteiger partial charge on any atom is -0.215 e. The zero-order valence-electron chi connectivity index (χ0n) is 6.87. The molecule has 0 aromatic rings. The third-order valence-corrected chi connectivity index (χ3v) is 3.51. The topological polar surface area (TPSA) is 68.3 Å². The Morgan fingerprint density at radius 2 is 0.812 bits per heavy atom. The van der Waals surface area contributed by atoms with Gasteiger partial charge in [-0.05, 0) is 0 Å². The number of rotatable bonds is 2. The number of alkyl halides is 6. The van der Waals surface area contributed by atoms with Crippen molar-refractivity contribution in [2.45, 2.75) is 11.0 Å². The average molecular weight is 292 g/mol. The van der Waals surface area contributed by atoms with Gasteiger partial charge in [0.2, 0.25) is 0 Å². The number of hydrogen-bond donors (Lipinski definition) is 0. The summed E-state index contributed by atoms with van der Waals surface area (Å²) in [7, 11) is -12.1. The van der Waals surface area contributed by atoms with Crippen LogP contribution in [0.4, 0.5) is 26.3 Å². The molecule has 0 amide bonds. The first kappa shape index (κ1) is 15.2. The van der Waals surface area contributed by atoms with Crippen molar-refractivity contribution in [2.24, 2.45) is 0 Å². The lowest BCUT2D eigenvalue weighted by atomic mass is 11.2. The second kappa shape index (κ2) is 3.91. The van der Waals surface area contributed by atoms with E-state index >= 15 is 0 Å². The van der Waals surface area contributed by atoms with E-state index < -0.39 is 41.5 Å². The predicted molar refractivity (Wildman–Crippen MR) is 39.1 cm³/mol. The first-order chi connectivity index (χ1) is 6.71. The Bertz CT molecular complexity index is 432. The number of halogens is 6. The Morgan fingerprint density at radius 1 is 0.625 bits per heavy atom. The number of sulfone groups is 2. The van der Waals surface area contributed by atoms with Gasteiger partial charge < -0.3 is 0 Å². The highest BCUT2D eigenvalue weighted by atomic mass is 32.2. The van der Waals surface area contributed by atoms with Crippen LogP contribution < -0.4 is 0 Å². The Morgan fingerprint density at radius 3 is 0.938 bits per heavy atom. The molecule has 0 spiro atoms. The van der Waals surface area contributed by atoms with Crippen molar-refractivity contribution in [3.8, 4) is 0 Å². The molecule has 0 heterocycles. The monoisotopic (exact) mass is 292 g/mol. The Labute approximate surface area is 85.4 Å². The van der Waals surface area contributed by atoms with E-state index in [2.05, 4.69) is 0 Å². The van der Waals surface area contributed by atoms with Crippen LogP contribution >= 0.6 is 0 Å². The zero-order valence-corrected chi connectivity index (χ0v) is 8.50. The van der Waals surface area contributed by atoms with Crippen LogP contribution in [0.15, 0.2) is 10.8 Å². The summed E-state index contributed by atoms with van der Waals surface area (Å²) in [5.41, 5.74) is -11.7. The van der Waals surface area contributed by atoms with Crippen molar-refractivity contribution in [3.05, 3.63) is 10.8 Å². The highest BCUT2D eigenvalue weighted by Gasteiger charge is 2.47. The molecule has 0 fully saturated rings. The van der Waals surface area contributed by atoms with Crippen LogP contribution in [0.5, 0.6) is 0 Å². The molecule has 96 valence electrons. The summed E-state index contributed by atoms with van der Waals surface area (Å²) >= 11 is 0. The third kappa shape index (κ3) is 3.37. The van der Waals surface area contributed by atoms with E-state index in [0.717, 1.165) is 0 Å². The summed E-state index contributed by atoms with van der Waals surface area (Å²) in [5.74, 6) is 0. The van der Waals surface area contributed by atoms with Gasteiger partial charge in [0.1, 0.15) is 0 Å². The summed E-state index contributed by atoms with van der Waals surface area (Å²) < 4.78 is 110. The van der Waals surface area contributed by atoms with Gasteiger partial charge in [0.25, 0.3) is 19.7 Å². The Kier molecular flexibility index (Phi) is 3.72. The van der Waals surface area contributed by atoms with Crippen LogP contribution in [0.1, 0.15) is 0 Å². The van der Waals surface area contributed by atoms with Gasteiger partial charge in [-0.1, -0.05) is 0 Å². The quantitative estimate of drug-likeness (QED) is 0.720. The maximum Gasteiger partial charge on any atom is 0.501 e. The van der Waals surface area contributed by atoms with Crippen molar-refractivity contribution < 1.29 is 43.2 Å². The Balaban J connectivity index is 5.36. The van der Waals surface area contributed by atoms with Crippen LogP contribution in [0.3, 0.4) is 0 Å². The first-order valence-electron chi connectivity index (χ1n) is 3.01. The van der Waals surface area contributed by atoms with E-state index in [1.165, 1.54) is 0 Å². The molecule has 0 aliphatic rings. The standard InChI is InChI=1S/C4H2F6O4S2/c5-3(6,7)15(11,12)1-2-16(13,14)4(8,9)10/h1-2H. The number of hydrogen-bond acceptors (Lipinski definition) is 4. The van der Waals surface area contributed by atoms with Crippen LogP contribution in [0.2, 0.25) is 0 Å². The second-order valence-electron chi connectivity index (χ2n) is 2.25. The fourth-order valence-electron chi connectivity index (χ4n) is 0.301. The van der Waals surface area contributed by atoms with Crippen LogP contribution in [0.25, 0.3) is 0 Å². The molecule has 4 nitrogen and oxygen atoms in total. The molecule has 16 heavy (non-hydrogen) atoms. The van der Waals surface area contributed by atoms with Crippen molar-refractivity contribution in [1.82, 2.24) is 0 Å². The van der Waals surface area contributed by atoms with E-state index in [1.807, 2.05) is 0 Å². The van der Waals surface area contributed by atoms with Gasteiger partial charge in [-0.3, -0.25) is 0 Å². The Hall–Kier alpha value is -0.780. The SMILES string of the molecule is O=S(=O)(C=CS(=O)(=O)C(F)(F)F)C(F)(F)F. The summed E-state index contributed by atoms with van der Waals surface area (Å²) in [5, 5.41) is -2.12. The van der Waals surface area contributed by atoms with Gasteiger partial charge in [-0.15, -0.1) is 0 Å². The van der Waals surface area contributed by atoms with Gasteiger partial charge in [-0.2, -0.15) is 26.3 Å². The van der Waals surface area contributed by atoms with Crippen molar-refractivity contribution in [1.29, 1.82) is 0 Å². The van der Waals surface area contributed by atoms with Crippen molar-refractivity contribution in [2.75, 3.05) is 0 Å². The minimum atomic E-state index is -6.05. The molecule has 0 saturated heterocycles. The minimum absolute atomic E-state index is 1.06. The van der Waals surface area contributed by atoms with Crippen molar-refractivity contribution >= 4 is 19.7 Å². The summed E-state index contributed by atoms with van der Waals surface area (Å²) in [6, 6.07) is 0. The highest BCUT2D eigenvalue weighted by molar-refractivity contribution is 7.98. The van der Waals surface area contributed by atoms with Gasteiger partial charge in [0.05, 0.1) is 10.8 Å². The highest BCUT2D eigenvalue weighted by Crippen LogP contribution is 2.28. The third-order valence-electron chi connectivity index (χ3n) is 1.06. The molecule has 0 radical (unpaired) electrons. The maximum absolute atomic E-state index is 11.6. The van der Waals surface area contributed by atoms with Crippen molar-refractivity contribution in [3.63, 3.8) is 0 Å². The summed E-state index contributed by atoms with van der Waals surface area (Å²) in [6.07, 6.45) is 0. The van der Waals surface area contributed by atoms with E-state index in [4.69, 9.17) is 0 Å². The molecular weight excluding hydrogens is 290 g/mol. The molecule has 0 aliphatic carbocycles. The molecular formula is C4H2F6O4S2. The fourth-order valence-corrected chi connectivity index (χ4v) is 1.78. The van der Waals surface area contributed by atoms with Gasteiger partial charge in [-0.25, -0.2) is 16.8 Å². The van der Waals surface area contributed by atoms with E-state index in [9.17, 15) is 43.2 Å². The van der Waals surface area contributed by atoms with Crippen LogP contribution in [-0.4, -0.2) is 27.9 Å². The fraction of sp³-hybridized carbons (Fsp3) is 0.500. The molecule has 0 saturated carbocycles. The summed E-state index contributed by atoms with van der Waals surface area (Å²) in [4.78, 5) is 0. The first-order valence-corrected chi connectivity index (χ1v) is 6.11. The molecule has 0 unspecified atom stereocenters. The molecule has 0 aromatic carbocycles. The molecule has 0 atom stereocenters. The van der Waals surface area contributed by atoms with E-state index in [0.29, 0.717) is 0 Å². The molecule has 0 aliphatic heterocycles. The average Bonchev–Trinajstić information content (AvgIpc) is 1.97. The molecule has 0 N–H and O–H groups in total. The van der Waals surface area contributed by atoms with E-state index in [1.54, 1.807) is 0 Å². The lowest BCUT2D eigenvalue weighted by molar-refractivity contribution is -0.0434. The van der Waals surface area contributed by atoms with Gasteiger partial charge in [0, 0.05) is 0 Å².